The molecule has 0 amide bonds. The third-order valence-corrected chi connectivity index (χ3v) is 2.67. The molecule has 0 aliphatic heterocycles. The summed E-state index contributed by atoms with van der Waals surface area (Å²) in [5, 5.41) is 0. The van der Waals surface area contributed by atoms with Gasteiger partial charge in [-0.05, 0) is 18.8 Å². The lowest BCUT2D eigenvalue weighted by atomic mass is 9.95. The third-order valence-electron chi connectivity index (χ3n) is 2.67. The van der Waals surface area contributed by atoms with Crippen molar-refractivity contribution in [2.45, 2.75) is 51.0 Å². The quantitative estimate of drug-likeness (QED) is 0.704. The maximum Gasteiger partial charge on any atom is 0.248 e. The molecule has 0 aromatic rings. The fourth-order valence-corrected chi connectivity index (χ4v) is 1.92. The predicted molar refractivity (Wildman–Crippen MR) is 45.2 cm³/mol. The Morgan fingerprint density at radius 3 is 2.67 bits per heavy atom. The number of alkyl halides is 2. The molecule has 0 spiro atoms. The summed E-state index contributed by atoms with van der Waals surface area (Å²) in [4.78, 5) is 0. The van der Waals surface area contributed by atoms with Gasteiger partial charge >= 0.3 is 0 Å². The maximum absolute atomic E-state index is 12.7. The van der Waals surface area contributed by atoms with E-state index in [0.29, 0.717) is 6.42 Å². The van der Waals surface area contributed by atoms with Crippen LogP contribution in [0, 0.1) is 5.92 Å². The van der Waals surface area contributed by atoms with Crippen LogP contribution in [0.3, 0.4) is 0 Å². The van der Waals surface area contributed by atoms with E-state index in [0.717, 1.165) is 12.8 Å². The Morgan fingerprint density at radius 1 is 1.58 bits per heavy atom. The maximum atomic E-state index is 12.7. The largest absolute Gasteiger partial charge is 0.327 e. The summed E-state index contributed by atoms with van der Waals surface area (Å²) in [6.45, 7) is 2.03. The van der Waals surface area contributed by atoms with Crippen molar-refractivity contribution >= 4 is 0 Å². The van der Waals surface area contributed by atoms with Crippen LogP contribution in [-0.2, 0) is 0 Å². The van der Waals surface area contributed by atoms with Crippen molar-refractivity contribution in [2.75, 3.05) is 0 Å². The molecule has 1 fully saturated rings. The smallest absolute Gasteiger partial charge is 0.248 e. The van der Waals surface area contributed by atoms with E-state index in [-0.39, 0.29) is 24.8 Å². The minimum atomic E-state index is -2.43. The molecule has 0 heterocycles. The van der Waals surface area contributed by atoms with E-state index in [1.54, 1.807) is 0 Å². The van der Waals surface area contributed by atoms with Crippen LogP contribution in [0.4, 0.5) is 8.78 Å². The Labute approximate surface area is 72.3 Å². The lowest BCUT2D eigenvalue weighted by molar-refractivity contribution is 0.00380. The highest BCUT2D eigenvalue weighted by Crippen LogP contribution is 2.40. The first kappa shape index (κ1) is 9.90. The van der Waals surface area contributed by atoms with E-state index in [9.17, 15) is 8.78 Å². The molecule has 1 nitrogen and oxygen atoms in total. The minimum Gasteiger partial charge on any atom is -0.327 e. The topological polar surface area (TPSA) is 26.0 Å². The Kier molecular flexibility index (Phi) is 3.04. The van der Waals surface area contributed by atoms with Gasteiger partial charge in [-0.25, -0.2) is 8.78 Å². The van der Waals surface area contributed by atoms with Gasteiger partial charge in [0.05, 0.1) is 0 Å². The molecule has 1 rings (SSSR count). The number of hydrogen-bond donors (Lipinski definition) is 1. The van der Waals surface area contributed by atoms with Crippen LogP contribution < -0.4 is 5.73 Å². The zero-order valence-electron chi connectivity index (χ0n) is 7.52. The average molecular weight is 177 g/mol. The Bertz CT molecular complexity index is 147. The zero-order valence-corrected chi connectivity index (χ0v) is 7.52. The van der Waals surface area contributed by atoms with Gasteiger partial charge in [-0.3, -0.25) is 0 Å². The van der Waals surface area contributed by atoms with Crippen LogP contribution >= 0.6 is 0 Å². The van der Waals surface area contributed by atoms with E-state index in [2.05, 4.69) is 0 Å². The first-order valence-electron chi connectivity index (χ1n) is 4.68. The second kappa shape index (κ2) is 3.69. The fourth-order valence-electron chi connectivity index (χ4n) is 1.92. The van der Waals surface area contributed by atoms with Crippen LogP contribution in [0.2, 0.25) is 0 Å². The predicted octanol–water partition coefficient (Wildman–Crippen LogP) is 2.55. The Morgan fingerprint density at radius 2 is 2.25 bits per heavy atom. The summed E-state index contributed by atoms with van der Waals surface area (Å²) in [7, 11) is 0. The van der Waals surface area contributed by atoms with Gasteiger partial charge in [0.15, 0.2) is 0 Å². The summed E-state index contributed by atoms with van der Waals surface area (Å²) < 4.78 is 25.5. The molecular weight excluding hydrogens is 160 g/mol. The molecule has 1 saturated carbocycles. The van der Waals surface area contributed by atoms with Gasteiger partial charge in [0.1, 0.15) is 0 Å². The molecule has 0 aromatic heterocycles. The van der Waals surface area contributed by atoms with E-state index in [1.165, 1.54) is 0 Å². The Hall–Kier alpha value is -0.180. The van der Waals surface area contributed by atoms with Gasteiger partial charge in [0.2, 0.25) is 5.92 Å². The normalized spacial score (nSPS) is 30.5. The molecule has 2 atom stereocenters. The highest BCUT2D eigenvalue weighted by Gasteiger charge is 2.41. The summed E-state index contributed by atoms with van der Waals surface area (Å²) in [6, 6.07) is -0.0108. The van der Waals surface area contributed by atoms with Crippen molar-refractivity contribution in [2.24, 2.45) is 11.7 Å². The molecular formula is C9H17F2N. The average Bonchev–Trinajstić information content (AvgIpc) is 2.31. The van der Waals surface area contributed by atoms with Crippen LogP contribution in [0.15, 0.2) is 0 Å². The highest BCUT2D eigenvalue weighted by atomic mass is 19.3. The van der Waals surface area contributed by atoms with E-state index in [1.807, 2.05) is 6.92 Å². The van der Waals surface area contributed by atoms with Crippen molar-refractivity contribution < 1.29 is 8.78 Å². The lowest BCUT2D eigenvalue weighted by Crippen LogP contribution is -2.29. The van der Waals surface area contributed by atoms with Crippen molar-refractivity contribution in [1.29, 1.82) is 0 Å². The summed E-state index contributed by atoms with van der Waals surface area (Å²) in [5.74, 6) is -2.38. The van der Waals surface area contributed by atoms with Crippen LogP contribution in [0.25, 0.3) is 0 Å². The molecule has 2 N–H and O–H groups in total. The summed E-state index contributed by atoms with van der Waals surface area (Å²) in [5.41, 5.74) is 5.78. The number of hydrogen-bond acceptors (Lipinski definition) is 1. The molecule has 12 heavy (non-hydrogen) atoms. The summed E-state index contributed by atoms with van der Waals surface area (Å²) >= 11 is 0. The third kappa shape index (κ3) is 2.41. The summed E-state index contributed by atoms with van der Waals surface area (Å²) in [6.07, 6.45) is 2.52. The first-order chi connectivity index (χ1) is 5.55. The van der Waals surface area contributed by atoms with Crippen LogP contribution in [0.5, 0.6) is 0 Å². The van der Waals surface area contributed by atoms with Gasteiger partial charge in [0.25, 0.3) is 0 Å². The molecule has 1 aliphatic carbocycles. The molecule has 1 aliphatic rings. The second-order valence-corrected chi connectivity index (χ2v) is 3.81. The molecule has 0 radical (unpaired) electrons. The highest BCUT2D eigenvalue weighted by molar-refractivity contribution is 4.86. The molecule has 0 bridgehead atoms. The monoisotopic (exact) mass is 177 g/mol. The van der Waals surface area contributed by atoms with Gasteiger partial charge in [-0.15, -0.1) is 0 Å². The van der Waals surface area contributed by atoms with E-state index < -0.39 is 5.92 Å². The molecule has 72 valence electrons. The SMILES string of the molecule is CCCC(N)C1CCC(F)(F)C1. The van der Waals surface area contributed by atoms with Gasteiger partial charge in [-0.1, -0.05) is 13.3 Å². The number of rotatable bonds is 3. The minimum absolute atomic E-state index is 0.00810. The van der Waals surface area contributed by atoms with E-state index >= 15 is 0 Å². The van der Waals surface area contributed by atoms with E-state index in [4.69, 9.17) is 5.73 Å². The van der Waals surface area contributed by atoms with Gasteiger partial charge in [-0.2, -0.15) is 0 Å². The van der Waals surface area contributed by atoms with Crippen molar-refractivity contribution in [3.05, 3.63) is 0 Å². The standard InChI is InChI=1S/C9H17F2N/c1-2-3-8(12)7-4-5-9(10,11)6-7/h7-8H,2-6,12H2,1H3. The van der Waals surface area contributed by atoms with Crippen LogP contribution in [0.1, 0.15) is 39.0 Å². The molecule has 3 heteroatoms. The van der Waals surface area contributed by atoms with Gasteiger partial charge in [0, 0.05) is 18.9 Å². The fraction of sp³-hybridized carbons (Fsp3) is 1.00. The zero-order chi connectivity index (χ0) is 9.19. The Balaban J connectivity index is 2.36. The number of halogens is 2. The van der Waals surface area contributed by atoms with Crippen molar-refractivity contribution in [1.82, 2.24) is 0 Å². The van der Waals surface area contributed by atoms with Crippen molar-refractivity contribution in [3.8, 4) is 0 Å². The molecule has 0 aromatic carbocycles. The first-order valence-corrected chi connectivity index (χ1v) is 4.68. The second-order valence-electron chi connectivity index (χ2n) is 3.81. The van der Waals surface area contributed by atoms with Gasteiger partial charge < -0.3 is 5.73 Å². The lowest BCUT2D eigenvalue weighted by Gasteiger charge is -2.17. The van der Waals surface area contributed by atoms with Crippen molar-refractivity contribution in [3.63, 3.8) is 0 Å². The molecule has 2 unspecified atom stereocenters. The van der Waals surface area contributed by atoms with Crippen LogP contribution in [-0.4, -0.2) is 12.0 Å². The number of nitrogens with two attached hydrogens (primary N) is 1. The molecule has 0 saturated heterocycles.